The SMILES string of the molecule is [C-]#[N+]c1ccc(N)c(-n2cccn2)c1. The molecule has 0 unspecified atom stereocenters. The molecule has 0 atom stereocenters. The highest BCUT2D eigenvalue weighted by Gasteiger charge is 2.02. The summed E-state index contributed by atoms with van der Waals surface area (Å²) in [5.74, 6) is 0. The van der Waals surface area contributed by atoms with Gasteiger partial charge in [0.15, 0.2) is 5.69 Å². The maximum atomic E-state index is 6.89. The van der Waals surface area contributed by atoms with Crippen LogP contribution in [0.4, 0.5) is 11.4 Å². The maximum absolute atomic E-state index is 6.89. The van der Waals surface area contributed by atoms with Crippen LogP contribution in [0.1, 0.15) is 0 Å². The topological polar surface area (TPSA) is 48.2 Å². The molecule has 4 nitrogen and oxygen atoms in total. The van der Waals surface area contributed by atoms with E-state index in [1.54, 1.807) is 35.3 Å². The smallest absolute Gasteiger partial charge is 0.189 e. The van der Waals surface area contributed by atoms with Crippen molar-refractivity contribution in [2.75, 3.05) is 5.73 Å². The lowest BCUT2D eigenvalue weighted by Crippen LogP contribution is -1.99. The summed E-state index contributed by atoms with van der Waals surface area (Å²) >= 11 is 0. The Balaban J connectivity index is 2.58. The molecule has 0 bridgehead atoms. The van der Waals surface area contributed by atoms with Crippen molar-refractivity contribution in [1.82, 2.24) is 9.78 Å². The van der Waals surface area contributed by atoms with Crippen LogP contribution < -0.4 is 5.73 Å². The van der Waals surface area contributed by atoms with Gasteiger partial charge in [-0.15, -0.1) is 0 Å². The zero-order valence-electron chi connectivity index (χ0n) is 7.38. The summed E-state index contributed by atoms with van der Waals surface area (Å²) in [7, 11) is 0. The van der Waals surface area contributed by atoms with Crippen molar-refractivity contribution in [2.45, 2.75) is 0 Å². The Morgan fingerprint density at radius 2 is 2.29 bits per heavy atom. The number of aromatic nitrogens is 2. The normalized spacial score (nSPS) is 9.64. The molecule has 4 heteroatoms. The van der Waals surface area contributed by atoms with E-state index in [1.807, 2.05) is 6.07 Å². The third-order valence-corrected chi connectivity index (χ3v) is 1.89. The van der Waals surface area contributed by atoms with Crippen LogP contribution >= 0.6 is 0 Å². The Kier molecular flexibility index (Phi) is 1.92. The van der Waals surface area contributed by atoms with Gasteiger partial charge in [0, 0.05) is 12.4 Å². The van der Waals surface area contributed by atoms with Gasteiger partial charge in [0.25, 0.3) is 0 Å². The summed E-state index contributed by atoms with van der Waals surface area (Å²) in [6.45, 7) is 6.89. The van der Waals surface area contributed by atoms with E-state index in [0.29, 0.717) is 11.4 Å². The molecule has 0 spiro atoms. The molecule has 0 saturated heterocycles. The summed E-state index contributed by atoms with van der Waals surface area (Å²) in [4.78, 5) is 3.34. The van der Waals surface area contributed by atoms with Gasteiger partial charge in [-0.2, -0.15) is 5.10 Å². The Bertz CT molecular complexity index is 479. The van der Waals surface area contributed by atoms with E-state index < -0.39 is 0 Å². The fourth-order valence-corrected chi connectivity index (χ4v) is 1.21. The van der Waals surface area contributed by atoms with Crippen molar-refractivity contribution in [3.63, 3.8) is 0 Å². The van der Waals surface area contributed by atoms with Crippen LogP contribution in [-0.4, -0.2) is 9.78 Å². The second-order valence-electron chi connectivity index (χ2n) is 2.81. The average molecular weight is 184 g/mol. The number of nitrogens with two attached hydrogens (primary N) is 1. The van der Waals surface area contributed by atoms with Crippen molar-refractivity contribution in [2.24, 2.45) is 0 Å². The molecule has 14 heavy (non-hydrogen) atoms. The predicted molar refractivity (Wildman–Crippen MR) is 54.2 cm³/mol. The number of hydrogen-bond acceptors (Lipinski definition) is 2. The summed E-state index contributed by atoms with van der Waals surface area (Å²) in [5, 5.41) is 4.06. The van der Waals surface area contributed by atoms with E-state index in [9.17, 15) is 0 Å². The minimum Gasteiger partial charge on any atom is -0.397 e. The van der Waals surface area contributed by atoms with Gasteiger partial charge in [0.1, 0.15) is 0 Å². The van der Waals surface area contributed by atoms with Crippen molar-refractivity contribution in [3.8, 4) is 5.69 Å². The van der Waals surface area contributed by atoms with E-state index in [-0.39, 0.29) is 0 Å². The third-order valence-electron chi connectivity index (χ3n) is 1.89. The van der Waals surface area contributed by atoms with Crippen LogP contribution in [0, 0.1) is 6.57 Å². The number of nitrogen functional groups attached to an aromatic ring is 1. The van der Waals surface area contributed by atoms with E-state index in [4.69, 9.17) is 12.3 Å². The first-order valence-electron chi connectivity index (χ1n) is 4.08. The molecule has 0 aliphatic heterocycles. The van der Waals surface area contributed by atoms with E-state index in [0.717, 1.165) is 5.69 Å². The minimum atomic E-state index is 0.560. The van der Waals surface area contributed by atoms with Crippen LogP contribution in [0.5, 0.6) is 0 Å². The summed E-state index contributed by atoms with van der Waals surface area (Å²) < 4.78 is 1.64. The lowest BCUT2D eigenvalue weighted by atomic mass is 10.2. The average Bonchev–Trinajstić information content (AvgIpc) is 2.71. The summed E-state index contributed by atoms with van der Waals surface area (Å²) in [5.41, 5.74) is 7.68. The largest absolute Gasteiger partial charge is 0.397 e. The Morgan fingerprint density at radius 1 is 1.43 bits per heavy atom. The van der Waals surface area contributed by atoms with Gasteiger partial charge in [-0.05, 0) is 18.2 Å². The molecule has 0 radical (unpaired) electrons. The maximum Gasteiger partial charge on any atom is 0.189 e. The molecule has 0 saturated carbocycles. The molecule has 68 valence electrons. The third kappa shape index (κ3) is 1.31. The van der Waals surface area contributed by atoms with Crippen LogP contribution in [0.25, 0.3) is 10.5 Å². The molecule has 1 aromatic carbocycles. The van der Waals surface area contributed by atoms with Gasteiger partial charge in [-0.3, -0.25) is 0 Å². The zero-order chi connectivity index (χ0) is 9.97. The number of rotatable bonds is 1. The summed E-state index contributed by atoms with van der Waals surface area (Å²) in [6.07, 6.45) is 3.46. The van der Waals surface area contributed by atoms with E-state index in [2.05, 4.69) is 9.94 Å². The van der Waals surface area contributed by atoms with E-state index in [1.165, 1.54) is 0 Å². The van der Waals surface area contributed by atoms with Gasteiger partial charge < -0.3 is 5.73 Å². The molecule has 2 N–H and O–H groups in total. The van der Waals surface area contributed by atoms with Crippen molar-refractivity contribution < 1.29 is 0 Å². The molecule has 0 aliphatic carbocycles. The first-order valence-corrected chi connectivity index (χ1v) is 4.08. The van der Waals surface area contributed by atoms with Gasteiger partial charge in [0.05, 0.1) is 17.9 Å². The molecule has 0 fully saturated rings. The predicted octanol–water partition coefficient (Wildman–Crippen LogP) is 2.01. The fourth-order valence-electron chi connectivity index (χ4n) is 1.21. The lowest BCUT2D eigenvalue weighted by Gasteiger charge is -2.05. The molecule has 2 rings (SSSR count). The first kappa shape index (κ1) is 8.32. The minimum absolute atomic E-state index is 0.560. The van der Waals surface area contributed by atoms with Crippen LogP contribution in [0.2, 0.25) is 0 Å². The van der Waals surface area contributed by atoms with Crippen LogP contribution in [-0.2, 0) is 0 Å². The molecule has 2 aromatic rings. The number of nitrogens with zero attached hydrogens (tertiary/aromatic N) is 3. The van der Waals surface area contributed by atoms with E-state index >= 15 is 0 Å². The summed E-state index contributed by atoms with van der Waals surface area (Å²) in [6, 6.07) is 6.93. The molecule has 0 amide bonds. The van der Waals surface area contributed by atoms with Crippen LogP contribution in [0.15, 0.2) is 36.7 Å². The number of hydrogen-bond donors (Lipinski definition) is 1. The molecular formula is C10H8N4. The molecular weight excluding hydrogens is 176 g/mol. The number of anilines is 1. The second-order valence-corrected chi connectivity index (χ2v) is 2.81. The van der Waals surface area contributed by atoms with Gasteiger partial charge in [-0.25, -0.2) is 9.53 Å². The van der Waals surface area contributed by atoms with Gasteiger partial charge in [-0.1, -0.05) is 6.07 Å². The highest BCUT2D eigenvalue weighted by molar-refractivity contribution is 5.65. The Labute approximate surface area is 81.4 Å². The lowest BCUT2D eigenvalue weighted by molar-refractivity contribution is 0.883. The molecule has 1 heterocycles. The van der Waals surface area contributed by atoms with Crippen LogP contribution in [0.3, 0.4) is 0 Å². The number of benzene rings is 1. The molecule has 0 aliphatic rings. The van der Waals surface area contributed by atoms with Gasteiger partial charge in [0.2, 0.25) is 0 Å². The first-order chi connectivity index (χ1) is 6.81. The van der Waals surface area contributed by atoms with Gasteiger partial charge >= 0.3 is 0 Å². The Morgan fingerprint density at radius 3 is 2.93 bits per heavy atom. The molecule has 1 aromatic heterocycles. The highest BCUT2D eigenvalue weighted by Crippen LogP contribution is 2.22. The van der Waals surface area contributed by atoms with Crippen molar-refractivity contribution >= 4 is 11.4 Å². The highest BCUT2D eigenvalue weighted by atomic mass is 15.3. The quantitative estimate of drug-likeness (QED) is 0.544. The zero-order valence-corrected chi connectivity index (χ0v) is 7.38. The standard InChI is InChI=1S/C10H8N4/c1-12-8-3-4-9(11)10(7-8)14-6-2-5-13-14/h2-7H,11H2. The Hall–Kier alpha value is -2.28. The van der Waals surface area contributed by atoms with Crippen molar-refractivity contribution in [3.05, 3.63) is 48.1 Å². The fraction of sp³-hybridized carbons (Fsp3) is 0. The monoisotopic (exact) mass is 184 g/mol. The van der Waals surface area contributed by atoms with Crippen molar-refractivity contribution in [1.29, 1.82) is 0 Å². The second kappa shape index (κ2) is 3.23.